The van der Waals surface area contributed by atoms with Crippen molar-refractivity contribution in [3.63, 3.8) is 0 Å². The van der Waals surface area contributed by atoms with Crippen LogP contribution in [0.15, 0.2) is 71.5 Å². The fourth-order valence-corrected chi connectivity index (χ4v) is 3.04. The first-order valence-corrected chi connectivity index (χ1v) is 8.30. The van der Waals surface area contributed by atoms with E-state index >= 15 is 0 Å². The van der Waals surface area contributed by atoms with Gasteiger partial charge in [0.25, 0.3) is 0 Å². The van der Waals surface area contributed by atoms with Gasteiger partial charge in [0, 0.05) is 24.0 Å². The highest BCUT2D eigenvalue weighted by Crippen LogP contribution is 2.37. The van der Waals surface area contributed by atoms with Crippen LogP contribution in [-0.4, -0.2) is 20.2 Å². The Balaban J connectivity index is 1.83. The normalized spacial score (nSPS) is 12.0. The monoisotopic (exact) mass is 359 g/mol. The lowest BCUT2D eigenvalue weighted by Gasteiger charge is -2.16. The molecule has 0 spiro atoms. The number of benzene rings is 1. The van der Waals surface area contributed by atoms with E-state index in [0.29, 0.717) is 28.4 Å². The van der Waals surface area contributed by atoms with Crippen LogP contribution >= 0.6 is 0 Å². The molecular formula is C20H17N5O2. The Morgan fingerprint density at radius 3 is 2.59 bits per heavy atom. The van der Waals surface area contributed by atoms with Crippen molar-refractivity contribution >= 4 is 11.6 Å². The SMILES string of the molecule is Nc1ccc(-c2cc(C(c3cccnc3)c3ccccc3O)no2)c(N)n1. The van der Waals surface area contributed by atoms with Crippen LogP contribution in [0.25, 0.3) is 11.3 Å². The van der Waals surface area contributed by atoms with Gasteiger partial charge in [-0.3, -0.25) is 4.98 Å². The van der Waals surface area contributed by atoms with E-state index in [1.807, 2.05) is 24.3 Å². The number of aromatic hydroxyl groups is 1. The third-order valence-corrected chi connectivity index (χ3v) is 4.30. The summed E-state index contributed by atoms with van der Waals surface area (Å²) in [6.45, 7) is 0. The number of hydrogen-bond donors (Lipinski definition) is 3. The summed E-state index contributed by atoms with van der Waals surface area (Å²) in [6.07, 6.45) is 3.44. The average Bonchev–Trinajstić information content (AvgIpc) is 3.14. The number of nitrogens with two attached hydrogens (primary N) is 2. The number of nitrogens with zero attached hydrogens (tertiary/aromatic N) is 3. The van der Waals surface area contributed by atoms with Crippen LogP contribution in [0.2, 0.25) is 0 Å². The van der Waals surface area contributed by atoms with E-state index < -0.39 is 0 Å². The molecule has 1 aromatic carbocycles. The largest absolute Gasteiger partial charge is 0.508 e. The Labute approximate surface area is 155 Å². The summed E-state index contributed by atoms with van der Waals surface area (Å²) in [7, 11) is 0. The van der Waals surface area contributed by atoms with Crippen molar-refractivity contribution in [3.8, 4) is 17.1 Å². The molecule has 27 heavy (non-hydrogen) atoms. The zero-order chi connectivity index (χ0) is 18.8. The van der Waals surface area contributed by atoms with Gasteiger partial charge < -0.3 is 21.1 Å². The number of phenols is 1. The number of aromatic nitrogens is 3. The second-order valence-electron chi connectivity index (χ2n) is 6.06. The molecule has 0 aliphatic heterocycles. The third kappa shape index (κ3) is 3.18. The molecule has 1 unspecified atom stereocenters. The fourth-order valence-electron chi connectivity index (χ4n) is 3.04. The maximum atomic E-state index is 10.4. The van der Waals surface area contributed by atoms with Crippen molar-refractivity contribution in [2.75, 3.05) is 11.5 Å². The molecule has 7 nitrogen and oxygen atoms in total. The average molecular weight is 359 g/mol. The van der Waals surface area contributed by atoms with Crippen LogP contribution in [0.1, 0.15) is 22.7 Å². The maximum Gasteiger partial charge on any atom is 0.170 e. The zero-order valence-electron chi connectivity index (χ0n) is 14.3. The molecule has 0 saturated carbocycles. The predicted molar refractivity (Wildman–Crippen MR) is 102 cm³/mol. The van der Waals surface area contributed by atoms with E-state index in [1.54, 1.807) is 42.7 Å². The molecule has 5 N–H and O–H groups in total. The van der Waals surface area contributed by atoms with Crippen LogP contribution in [0.4, 0.5) is 11.6 Å². The van der Waals surface area contributed by atoms with Crippen LogP contribution in [0.3, 0.4) is 0 Å². The first-order valence-electron chi connectivity index (χ1n) is 8.30. The fraction of sp³-hybridized carbons (Fsp3) is 0.0500. The molecule has 3 heterocycles. The van der Waals surface area contributed by atoms with Gasteiger partial charge in [-0.15, -0.1) is 0 Å². The van der Waals surface area contributed by atoms with E-state index in [4.69, 9.17) is 16.0 Å². The van der Waals surface area contributed by atoms with Crippen molar-refractivity contribution in [1.82, 2.24) is 15.1 Å². The lowest BCUT2D eigenvalue weighted by Crippen LogP contribution is -2.04. The molecule has 0 saturated heterocycles. The van der Waals surface area contributed by atoms with Crippen molar-refractivity contribution in [3.05, 3.63) is 83.8 Å². The summed E-state index contributed by atoms with van der Waals surface area (Å²) < 4.78 is 5.52. The molecule has 0 fully saturated rings. The summed E-state index contributed by atoms with van der Waals surface area (Å²) in [5, 5.41) is 14.6. The Morgan fingerprint density at radius 1 is 1.00 bits per heavy atom. The van der Waals surface area contributed by atoms with Crippen LogP contribution in [-0.2, 0) is 0 Å². The second kappa shape index (κ2) is 6.80. The Kier molecular flexibility index (Phi) is 4.18. The lowest BCUT2D eigenvalue weighted by molar-refractivity contribution is 0.420. The Bertz CT molecular complexity index is 1080. The summed E-state index contributed by atoms with van der Waals surface area (Å²) in [6, 6.07) is 16.1. The molecular weight excluding hydrogens is 342 g/mol. The van der Waals surface area contributed by atoms with Gasteiger partial charge in [0.05, 0.1) is 17.2 Å². The molecule has 0 aliphatic carbocycles. The zero-order valence-corrected chi connectivity index (χ0v) is 14.3. The van der Waals surface area contributed by atoms with Gasteiger partial charge in [0.2, 0.25) is 0 Å². The summed E-state index contributed by atoms with van der Waals surface area (Å²) >= 11 is 0. The molecule has 4 aromatic rings. The number of pyridine rings is 2. The van der Waals surface area contributed by atoms with E-state index in [9.17, 15) is 5.11 Å². The van der Waals surface area contributed by atoms with E-state index in [1.165, 1.54) is 0 Å². The Hall–Kier alpha value is -3.87. The minimum absolute atomic E-state index is 0.171. The molecule has 0 aliphatic rings. The van der Waals surface area contributed by atoms with E-state index in [2.05, 4.69) is 15.1 Å². The summed E-state index contributed by atoms with van der Waals surface area (Å²) in [4.78, 5) is 8.24. The highest BCUT2D eigenvalue weighted by atomic mass is 16.5. The standard InChI is InChI=1S/C20H17N5O2/c21-18-8-7-14(20(22)24-18)17-10-15(25-27-17)19(12-4-3-9-23-11-12)13-5-1-2-6-16(13)26/h1-11,19,26H,(H4,21,22,24). The van der Waals surface area contributed by atoms with Crippen molar-refractivity contribution in [2.45, 2.75) is 5.92 Å². The number of para-hydroxylation sites is 1. The van der Waals surface area contributed by atoms with E-state index in [-0.39, 0.29) is 17.5 Å². The molecule has 0 amide bonds. The summed E-state index contributed by atoms with van der Waals surface area (Å²) in [5.74, 6) is 0.890. The minimum Gasteiger partial charge on any atom is -0.508 e. The van der Waals surface area contributed by atoms with Crippen molar-refractivity contribution in [2.24, 2.45) is 0 Å². The smallest absolute Gasteiger partial charge is 0.170 e. The second-order valence-corrected chi connectivity index (χ2v) is 6.06. The van der Waals surface area contributed by atoms with Crippen LogP contribution in [0, 0.1) is 0 Å². The molecule has 134 valence electrons. The van der Waals surface area contributed by atoms with E-state index in [0.717, 1.165) is 5.56 Å². The Morgan fingerprint density at radius 2 is 1.85 bits per heavy atom. The van der Waals surface area contributed by atoms with Gasteiger partial charge in [0.1, 0.15) is 17.4 Å². The van der Waals surface area contributed by atoms with Gasteiger partial charge in [-0.05, 0) is 29.8 Å². The topological polar surface area (TPSA) is 124 Å². The maximum absolute atomic E-state index is 10.4. The molecule has 1 atom stereocenters. The highest BCUT2D eigenvalue weighted by molar-refractivity contribution is 5.71. The van der Waals surface area contributed by atoms with Gasteiger partial charge in [0.15, 0.2) is 5.76 Å². The number of anilines is 2. The first kappa shape index (κ1) is 16.6. The third-order valence-electron chi connectivity index (χ3n) is 4.30. The predicted octanol–water partition coefficient (Wildman–Crippen LogP) is 3.18. The van der Waals surface area contributed by atoms with Gasteiger partial charge >= 0.3 is 0 Å². The number of rotatable bonds is 4. The van der Waals surface area contributed by atoms with Crippen molar-refractivity contribution in [1.29, 1.82) is 0 Å². The number of nitrogen functional groups attached to an aromatic ring is 2. The van der Waals surface area contributed by atoms with Crippen LogP contribution in [0.5, 0.6) is 5.75 Å². The quantitative estimate of drug-likeness (QED) is 0.511. The van der Waals surface area contributed by atoms with Crippen LogP contribution < -0.4 is 11.5 Å². The number of hydrogen-bond acceptors (Lipinski definition) is 7. The lowest BCUT2D eigenvalue weighted by atomic mass is 9.88. The molecule has 4 rings (SSSR count). The molecule has 7 heteroatoms. The molecule has 0 bridgehead atoms. The number of phenolic OH excluding ortho intramolecular Hbond substituents is 1. The minimum atomic E-state index is -0.347. The summed E-state index contributed by atoms with van der Waals surface area (Å²) in [5.41, 5.74) is 14.4. The molecule has 3 aromatic heterocycles. The van der Waals surface area contributed by atoms with Gasteiger partial charge in [-0.2, -0.15) is 0 Å². The first-order chi connectivity index (χ1) is 13.1. The van der Waals surface area contributed by atoms with Gasteiger partial charge in [-0.1, -0.05) is 29.4 Å². The molecule has 0 radical (unpaired) electrons. The van der Waals surface area contributed by atoms with Crippen molar-refractivity contribution < 1.29 is 9.63 Å². The highest BCUT2D eigenvalue weighted by Gasteiger charge is 2.24. The van der Waals surface area contributed by atoms with Gasteiger partial charge in [-0.25, -0.2) is 4.98 Å².